The normalized spacial score (nSPS) is 12.2. The summed E-state index contributed by atoms with van der Waals surface area (Å²) in [5, 5.41) is 0. The van der Waals surface area contributed by atoms with E-state index < -0.39 is 24.1 Å². The van der Waals surface area contributed by atoms with Crippen molar-refractivity contribution in [2.75, 3.05) is 13.2 Å². The number of hydrogen-bond acceptors (Lipinski definition) is 6. The quantitative estimate of drug-likeness (QED) is 0.374. The second-order valence-electron chi connectivity index (χ2n) is 6.92. The molecule has 0 amide bonds. The third-order valence-corrected chi connectivity index (χ3v) is 4.24. The van der Waals surface area contributed by atoms with Crippen LogP contribution in [0.4, 0.5) is 0 Å². The maximum absolute atomic E-state index is 11.3. The molecule has 2 aromatic rings. The zero-order valence-electron chi connectivity index (χ0n) is 17.9. The van der Waals surface area contributed by atoms with Gasteiger partial charge in [0, 0.05) is 18.6 Å². The molecule has 2 rings (SSSR count). The van der Waals surface area contributed by atoms with Crippen LogP contribution in [0.5, 0.6) is 11.5 Å². The minimum Gasteiger partial charge on any atom is -0.489 e. The Kier molecular flexibility index (Phi) is 9.36. The Hall–Kier alpha value is -3.54. The topological polar surface area (TPSA) is 71.1 Å². The predicted octanol–water partition coefficient (Wildman–Crippen LogP) is 4.27. The van der Waals surface area contributed by atoms with Gasteiger partial charge in [-0.2, -0.15) is 0 Å². The van der Waals surface area contributed by atoms with Gasteiger partial charge in [-0.15, -0.1) is 0 Å². The molecule has 31 heavy (non-hydrogen) atoms. The number of benzene rings is 2. The summed E-state index contributed by atoms with van der Waals surface area (Å²) in [6, 6.07) is 15.3. The third-order valence-electron chi connectivity index (χ3n) is 4.24. The summed E-state index contributed by atoms with van der Waals surface area (Å²) in [5.41, 5.74) is 1.93. The number of esters is 2. The Balaban J connectivity index is 2.05. The van der Waals surface area contributed by atoms with Crippen LogP contribution in [0, 0.1) is 0 Å². The maximum Gasteiger partial charge on any atom is 0.330 e. The molecule has 0 spiro atoms. The van der Waals surface area contributed by atoms with Crippen molar-refractivity contribution in [2.45, 2.75) is 32.5 Å². The monoisotopic (exact) mass is 424 g/mol. The van der Waals surface area contributed by atoms with Gasteiger partial charge in [-0.25, -0.2) is 9.59 Å². The first-order valence-electron chi connectivity index (χ1n) is 10.0. The Bertz CT molecular complexity index is 831. The first-order valence-corrected chi connectivity index (χ1v) is 10.0. The fourth-order valence-corrected chi connectivity index (χ4v) is 2.76. The van der Waals surface area contributed by atoms with Crippen LogP contribution in [0.3, 0.4) is 0 Å². The van der Waals surface area contributed by atoms with Gasteiger partial charge in [-0.1, -0.05) is 49.6 Å². The molecule has 0 saturated heterocycles. The van der Waals surface area contributed by atoms with E-state index in [2.05, 4.69) is 13.2 Å². The van der Waals surface area contributed by atoms with Crippen molar-refractivity contribution >= 4 is 11.9 Å². The summed E-state index contributed by atoms with van der Waals surface area (Å²) < 4.78 is 22.1. The van der Waals surface area contributed by atoms with E-state index in [1.165, 1.54) is 0 Å². The van der Waals surface area contributed by atoms with Crippen LogP contribution >= 0.6 is 0 Å². The Labute approximate surface area is 183 Å². The van der Waals surface area contributed by atoms with Crippen molar-refractivity contribution in [3.8, 4) is 11.5 Å². The highest BCUT2D eigenvalue weighted by molar-refractivity contribution is 5.81. The number of rotatable bonds is 12. The maximum atomic E-state index is 11.3. The molecular formula is C25H28O6. The van der Waals surface area contributed by atoms with E-state index in [9.17, 15) is 9.59 Å². The van der Waals surface area contributed by atoms with Gasteiger partial charge in [-0.3, -0.25) is 0 Å². The van der Waals surface area contributed by atoms with Crippen LogP contribution in [0.25, 0.3) is 0 Å². The highest BCUT2D eigenvalue weighted by Crippen LogP contribution is 2.27. The molecule has 0 aliphatic rings. The van der Waals surface area contributed by atoms with Gasteiger partial charge in [0.2, 0.25) is 0 Å². The van der Waals surface area contributed by atoms with E-state index in [0.717, 1.165) is 23.3 Å². The summed E-state index contributed by atoms with van der Waals surface area (Å²) in [5.74, 6) is 0.436. The Morgan fingerprint density at radius 1 is 0.774 bits per heavy atom. The summed E-state index contributed by atoms with van der Waals surface area (Å²) in [4.78, 5) is 22.6. The molecule has 164 valence electrons. The van der Waals surface area contributed by atoms with Crippen LogP contribution in [0.2, 0.25) is 0 Å². The molecule has 0 aliphatic carbocycles. The van der Waals surface area contributed by atoms with Crippen molar-refractivity contribution in [2.24, 2.45) is 0 Å². The lowest BCUT2D eigenvalue weighted by Gasteiger charge is -2.18. The summed E-state index contributed by atoms with van der Waals surface area (Å²) in [6.07, 6.45) is 2.01. The number of ether oxygens (including phenoxy) is 4. The van der Waals surface area contributed by atoms with Crippen molar-refractivity contribution in [1.82, 2.24) is 0 Å². The van der Waals surface area contributed by atoms with Gasteiger partial charge in [0.15, 0.2) is 0 Å². The average molecular weight is 424 g/mol. The van der Waals surface area contributed by atoms with Crippen LogP contribution in [0.15, 0.2) is 73.8 Å². The SMILES string of the molecule is C=CC(=O)OC(C)COc1ccccc1Cc1ccccc1OCC(C)OC(=O)C=C. The summed E-state index contributed by atoms with van der Waals surface area (Å²) in [6.45, 7) is 10.7. The first-order chi connectivity index (χ1) is 14.9. The van der Waals surface area contributed by atoms with Gasteiger partial charge in [-0.05, 0) is 37.1 Å². The lowest BCUT2D eigenvalue weighted by molar-refractivity contribution is -0.144. The Morgan fingerprint density at radius 2 is 1.16 bits per heavy atom. The summed E-state index contributed by atoms with van der Waals surface area (Å²) >= 11 is 0. The van der Waals surface area contributed by atoms with E-state index in [-0.39, 0.29) is 13.2 Å². The smallest absolute Gasteiger partial charge is 0.330 e. The molecule has 0 heterocycles. The van der Waals surface area contributed by atoms with E-state index in [1.807, 2.05) is 48.5 Å². The molecular weight excluding hydrogens is 396 g/mol. The molecule has 6 nitrogen and oxygen atoms in total. The number of hydrogen-bond donors (Lipinski definition) is 0. The molecule has 6 heteroatoms. The first kappa shape index (κ1) is 23.7. The minimum absolute atomic E-state index is 0.223. The highest BCUT2D eigenvalue weighted by Gasteiger charge is 2.13. The second-order valence-corrected chi connectivity index (χ2v) is 6.92. The minimum atomic E-state index is -0.483. The molecule has 0 aromatic heterocycles. The third kappa shape index (κ3) is 8.01. The van der Waals surface area contributed by atoms with Gasteiger partial charge >= 0.3 is 11.9 Å². The molecule has 2 aromatic carbocycles. The lowest BCUT2D eigenvalue weighted by atomic mass is 10.0. The average Bonchev–Trinajstić information content (AvgIpc) is 2.77. The Morgan fingerprint density at radius 3 is 1.55 bits per heavy atom. The zero-order chi connectivity index (χ0) is 22.6. The lowest BCUT2D eigenvalue weighted by Crippen LogP contribution is -2.21. The van der Waals surface area contributed by atoms with Crippen molar-refractivity contribution in [3.63, 3.8) is 0 Å². The van der Waals surface area contributed by atoms with Gasteiger partial charge < -0.3 is 18.9 Å². The fourth-order valence-electron chi connectivity index (χ4n) is 2.76. The van der Waals surface area contributed by atoms with E-state index in [1.54, 1.807) is 13.8 Å². The van der Waals surface area contributed by atoms with Crippen LogP contribution in [-0.2, 0) is 25.5 Å². The predicted molar refractivity (Wildman–Crippen MR) is 118 cm³/mol. The molecule has 2 atom stereocenters. The molecule has 2 unspecified atom stereocenters. The second kappa shape index (κ2) is 12.2. The molecule has 0 aliphatic heterocycles. The van der Waals surface area contributed by atoms with Crippen LogP contribution in [0.1, 0.15) is 25.0 Å². The zero-order valence-corrected chi connectivity index (χ0v) is 17.9. The number of carbonyl (C=O) groups excluding carboxylic acids is 2. The van der Waals surface area contributed by atoms with E-state index in [4.69, 9.17) is 18.9 Å². The van der Waals surface area contributed by atoms with Crippen LogP contribution < -0.4 is 9.47 Å². The molecule has 0 N–H and O–H groups in total. The van der Waals surface area contributed by atoms with E-state index in [0.29, 0.717) is 17.9 Å². The van der Waals surface area contributed by atoms with Crippen molar-refractivity contribution in [3.05, 3.63) is 85.0 Å². The van der Waals surface area contributed by atoms with Gasteiger partial charge in [0.25, 0.3) is 0 Å². The summed E-state index contributed by atoms with van der Waals surface area (Å²) in [7, 11) is 0. The van der Waals surface area contributed by atoms with Crippen molar-refractivity contribution < 1.29 is 28.5 Å². The highest BCUT2D eigenvalue weighted by atomic mass is 16.6. The largest absolute Gasteiger partial charge is 0.489 e. The molecule has 0 fully saturated rings. The number of carbonyl (C=O) groups is 2. The molecule has 0 saturated carbocycles. The van der Waals surface area contributed by atoms with E-state index >= 15 is 0 Å². The van der Waals surface area contributed by atoms with Crippen molar-refractivity contribution in [1.29, 1.82) is 0 Å². The van der Waals surface area contributed by atoms with Crippen LogP contribution in [-0.4, -0.2) is 37.4 Å². The fraction of sp³-hybridized carbons (Fsp3) is 0.280. The van der Waals surface area contributed by atoms with Gasteiger partial charge in [0.05, 0.1) is 0 Å². The number of para-hydroxylation sites is 2. The molecule has 0 radical (unpaired) electrons. The van der Waals surface area contributed by atoms with Gasteiger partial charge in [0.1, 0.15) is 36.9 Å². The standard InChI is InChI=1S/C25H28O6/c1-5-24(26)30-18(3)16-28-22-13-9-7-11-20(22)15-21-12-8-10-14-23(21)29-17-19(4)31-25(27)6-2/h5-14,18-19H,1-2,15-17H2,3-4H3. The molecule has 0 bridgehead atoms.